The van der Waals surface area contributed by atoms with Gasteiger partial charge in [-0.3, -0.25) is 24.2 Å². The zero-order valence-corrected chi connectivity index (χ0v) is 35.5. The van der Waals surface area contributed by atoms with E-state index in [-0.39, 0.29) is 47.8 Å². The second-order valence-corrected chi connectivity index (χ2v) is 18.5. The Morgan fingerprint density at radius 1 is 0.912 bits per heavy atom. The topological polar surface area (TPSA) is 148 Å². The van der Waals surface area contributed by atoms with Gasteiger partial charge in [0.2, 0.25) is 17.7 Å². The molecule has 0 unspecified atom stereocenters. The molecule has 2 aliphatic rings. The van der Waals surface area contributed by atoms with Crippen LogP contribution in [0.3, 0.4) is 0 Å². The highest BCUT2D eigenvalue weighted by molar-refractivity contribution is 7.13. The molecule has 1 saturated carbocycles. The van der Waals surface area contributed by atoms with E-state index in [1.165, 1.54) is 0 Å². The lowest BCUT2D eigenvalue weighted by Gasteiger charge is -2.57. The summed E-state index contributed by atoms with van der Waals surface area (Å²) < 4.78 is 17.1. The maximum Gasteiger partial charge on any atom is 0.251 e. The van der Waals surface area contributed by atoms with Crippen LogP contribution < -0.4 is 20.7 Å². The number of nitrogens with one attached hydrogen (secondary N) is 3. The van der Waals surface area contributed by atoms with Gasteiger partial charge in [-0.2, -0.15) is 0 Å². The summed E-state index contributed by atoms with van der Waals surface area (Å²) in [6.45, 7) is 16.7. The number of hydrogen-bond acceptors (Lipinski definition) is 9. The van der Waals surface area contributed by atoms with Crippen molar-refractivity contribution in [3.05, 3.63) is 71.4 Å². The van der Waals surface area contributed by atoms with Crippen molar-refractivity contribution in [2.24, 2.45) is 16.2 Å². The summed E-state index contributed by atoms with van der Waals surface area (Å²) in [6.07, 6.45) is 5.77. The Morgan fingerprint density at radius 2 is 1.60 bits per heavy atom. The zero-order valence-electron chi connectivity index (χ0n) is 34.7. The molecule has 4 amide bonds. The first-order valence-electron chi connectivity index (χ1n) is 20.1. The predicted molar refractivity (Wildman–Crippen MR) is 222 cm³/mol. The Morgan fingerprint density at radius 3 is 2.25 bits per heavy atom. The number of thiazole rings is 1. The molecule has 13 heteroatoms. The van der Waals surface area contributed by atoms with E-state index in [4.69, 9.17) is 14.2 Å². The van der Waals surface area contributed by atoms with Crippen LogP contribution in [0.4, 0.5) is 0 Å². The van der Waals surface area contributed by atoms with Gasteiger partial charge >= 0.3 is 0 Å². The van der Waals surface area contributed by atoms with Crippen LogP contribution in [0.15, 0.2) is 60.2 Å². The van der Waals surface area contributed by atoms with Crippen molar-refractivity contribution < 1.29 is 33.4 Å². The summed E-state index contributed by atoms with van der Waals surface area (Å²) in [5.74, 6) is -0.221. The second kappa shape index (κ2) is 19.4. The summed E-state index contributed by atoms with van der Waals surface area (Å²) in [6, 6.07) is 13.9. The summed E-state index contributed by atoms with van der Waals surface area (Å²) in [5.41, 5.74) is 4.05. The first-order chi connectivity index (χ1) is 27.0. The maximum absolute atomic E-state index is 13.8. The first kappa shape index (κ1) is 43.8. The lowest BCUT2D eigenvalue weighted by molar-refractivity contribution is -0.144. The average Bonchev–Trinajstić information content (AvgIpc) is 3.89. The van der Waals surface area contributed by atoms with Crippen molar-refractivity contribution >= 4 is 35.0 Å². The molecule has 0 radical (unpaired) electrons. The number of hydrogen-bond donors (Lipinski definition) is 3. The number of amides is 4. The van der Waals surface area contributed by atoms with E-state index < -0.39 is 23.4 Å². The molecule has 12 nitrogen and oxygen atoms in total. The minimum Gasteiger partial charge on any atom is -0.494 e. The molecule has 1 aromatic heterocycles. The van der Waals surface area contributed by atoms with Gasteiger partial charge in [-0.1, -0.05) is 72.7 Å². The van der Waals surface area contributed by atoms with E-state index in [1.54, 1.807) is 33.9 Å². The highest BCUT2D eigenvalue weighted by Gasteiger charge is 2.53. The van der Waals surface area contributed by atoms with Crippen molar-refractivity contribution in [1.29, 1.82) is 0 Å². The highest BCUT2D eigenvalue weighted by Crippen LogP contribution is 2.53. The van der Waals surface area contributed by atoms with Gasteiger partial charge in [-0.25, -0.2) is 0 Å². The van der Waals surface area contributed by atoms with Crippen LogP contribution in [0.5, 0.6) is 5.75 Å². The Bertz CT molecular complexity index is 1770. The molecule has 2 aromatic carbocycles. The molecule has 1 aliphatic carbocycles. The van der Waals surface area contributed by atoms with Crippen molar-refractivity contribution in [3.63, 3.8) is 0 Å². The average molecular weight is 804 g/mol. The van der Waals surface area contributed by atoms with Gasteiger partial charge in [0.1, 0.15) is 24.4 Å². The Labute approximate surface area is 341 Å². The smallest absolute Gasteiger partial charge is 0.251 e. The van der Waals surface area contributed by atoms with Gasteiger partial charge in [0.25, 0.3) is 5.91 Å². The predicted octanol–water partition coefficient (Wildman–Crippen LogP) is 6.40. The molecule has 3 aromatic rings. The molecule has 1 saturated heterocycles. The van der Waals surface area contributed by atoms with Crippen molar-refractivity contribution in [3.8, 4) is 16.2 Å². The molecule has 2 heterocycles. The van der Waals surface area contributed by atoms with Gasteiger partial charge in [0, 0.05) is 37.5 Å². The van der Waals surface area contributed by atoms with Gasteiger partial charge in [0.15, 0.2) is 0 Å². The van der Waals surface area contributed by atoms with Crippen molar-refractivity contribution in [2.75, 3.05) is 39.6 Å². The van der Waals surface area contributed by atoms with Gasteiger partial charge in [-0.15, -0.1) is 11.3 Å². The zero-order chi connectivity index (χ0) is 41.2. The van der Waals surface area contributed by atoms with E-state index in [0.717, 1.165) is 35.3 Å². The molecular weight excluding hydrogens is 743 g/mol. The number of ether oxygens (including phenoxy) is 3. The summed E-state index contributed by atoms with van der Waals surface area (Å²) in [5, 5.41) is 9.08. The quantitative estimate of drug-likeness (QED) is 0.118. The minimum atomic E-state index is -0.825. The van der Waals surface area contributed by atoms with Gasteiger partial charge in [-0.05, 0) is 83.7 Å². The number of likely N-dealkylation sites (tertiary alicyclic amines) is 1. The minimum absolute atomic E-state index is 0.0607. The lowest BCUT2D eigenvalue weighted by Crippen LogP contribution is -2.63. The molecule has 0 spiro atoms. The first-order valence-corrected chi connectivity index (χ1v) is 21.0. The van der Waals surface area contributed by atoms with Crippen molar-refractivity contribution in [2.45, 2.75) is 105 Å². The summed E-state index contributed by atoms with van der Waals surface area (Å²) in [7, 11) is 0. The normalized spacial score (nSPS) is 18.0. The van der Waals surface area contributed by atoms with E-state index in [2.05, 4.69) is 48.6 Å². The third kappa shape index (κ3) is 12.1. The van der Waals surface area contributed by atoms with Crippen LogP contribution in [0.2, 0.25) is 0 Å². The van der Waals surface area contributed by atoms with Gasteiger partial charge < -0.3 is 35.1 Å². The number of aromatic nitrogens is 1. The van der Waals surface area contributed by atoms with Gasteiger partial charge in [0.05, 0.1) is 30.2 Å². The maximum atomic E-state index is 13.8. The number of rotatable bonds is 19. The van der Waals surface area contributed by atoms with Crippen molar-refractivity contribution in [1.82, 2.24) is 25.8 Å². The van der Waals surface area contributed by atoms with Crippen LogP contribution >= 0.6 is 11.3 Å². The highest BCUT2D eigenvalue weighted by atomic mass is 32.1. The summed E-state index contributed by atoms with van der Waals surface area (Å²) in [4.78, 5) is 59.7. The molecule has 3 N–H and O–H groups in total. The Balaban J connectivity index is 0.940. The van der Waals surface area contributed by atoms with Crippen LogP contribution in [-0.4, -0.2) is 91.2 Å². The SMILES string of the molecule is CC1(C)CC(C)(C)C1NC(=O)c1ccc(OCCCCOCCOCC(=O)N[C@H](C(=O)N2CCC[C@H]2C(=O)NCc2ccc(-c3cncs3)cc2)C(C)(C)C)cc1. The molecule has 5 rings (SSSR count). The van der Waals surface area contributed by atoms with E-state index in [9.17, 15) is 19.2 Å². The third-order valence-corrected chi connectivity index (χ3v) is 11.6. The number of carbonyl (C=O) groups is 4. The number of carbonyl (C=O) groups excluding carboxylic acids is 4. The monoisotopic (exact) mass is 803 g/mol. The van der Waals surface area contributed by atoms with Crippen LogP contribution in [0.1, 0.15) is 96.5 Å². The summed E-state index contributed by atoms with van der Waals surface area (Å²) >= 11 is 1.57. The number of benzene rings is 2. The molecular formula is C44H61N5O7S. The molecule has 1 aliphatic heterocycles. The standard InChI is InChI=1S/C44H61N5O7S/c1-42(2,3)37(40(53)49-20-10-11-34(49)39(52)46-25-30-12-14-31(15-13-30)35-26-45-29-57-35)47-36(50)27-55-24-23-54-21-8-9-22-56-33-18-16-32(17-19-33)38(51)48-41-43(4,5)28-44(41,6)7/h12-19,26,29,34,37,41H,8-11,20-25,27-28H2,1-7H3,(H,46,52)(H,47,50)(H,48,51)/t34-,37+/m0/s1. The fraction of sp³-hybridized carbons (Fsp3) is 0.568. The van der Waals surface area contributed by atoms with E-state index in [0.29, 0.717) is 57.1 Å². The van der Waals surface area contributed by atoms with E-state index in [1.807, 2.05) is 63.4 Å². The second-order valence-electron chi connectivity index (χ2n) is 17.6. The van der Waals surface area contributed by atoms with Crippen LogP contribution in [-0.2, 0) is 30.4 Å². The Kier molecular flexibility index (Phi) is 14.9. The largest absolute Gasteiger partial charge is 0.494 e. The third-order valence-electron chi connectivity index (χ3n) is 10.8. The fourth-order valence-corrected chi connectivity index (χ4v) is 8.90. The molecule has 2 atom stereocenters. The number of unbranched alkanes of at least 4 members (excludes halogenated alkanes) is 1. The molecule has 2 fully saturated rings. The molecule has 57 heavy (non-hydrogen) atoms. The van der Waals surface area contributed by atoms with Crippen LogP contribution in [0.25, 0.3) is 10.4 Å². The van der Waals surface area contributed by atoms with Crippen LogP contribution in [0, 0.1) is 16.2 Å². The number of nitrogens with zero attached hydrogens (tertiary/aromatic N) is 2. The molecule has 310 valence electrons. The van der Waals surface area contributed by atoms with E-state index >= 15 is 0 Å². The fourth-order valence-electron chi connectivity index (χ4n) is 8.27. The lowest BCUT2D eigenvalue weighted by atomic mass is 9.52. The molecule has 0 bridgehead atoms. The Hall–Kier alpha value is -4.33.